The molecule has 3 rings (SSSR count). The predicted octanol–water partition coefficient (Wildman–Crippen LogP) is 4.38. The maximum absolute atomic E-state index is 12.3. The number of ether oxygens (including phenoxy) is 1. The van der Waals surface area contributed by atoms with Gasteiger partial charge in [0.05, 0.1) is 19.3 Å². The average molecular weight is 417 g/mol. The Kier molecular flexibility index (Phi) is 6.83. The third-order valence-electron chi connectivity index (χ3n) is 4.69. The Labute approximate surface area is 163 Å². The molecule has 1 aliphatic heterocycles. The second-order valence-corrected chi connectivity index (χ2v) is 7.70. The lowest BCUT2D eigenvalue weighted by Gasteiger charge is -2.31. The van der Waals surface area contributed by atoms with Crippen LogP contribution in [0.15, 0.2) is 53.0 Å². The summed E-state index contributed by atoms with van der Waals surface area (Å²) in [6.07, 6.45) is 2.22. The van der Waals surface area contributed by atoms with Crippen LogP contribution in [0, 0.1) is 6.92 Å². The number of benzene rings is 2. The lowest BCUT2D eigenvalue weighted by Crippen LogP contribution is -2.41. The molecule has 2 aromatic carbocycles. The molecular formula is C21H25BrN2O2. The first-order chi connectivity index (χ1) is 12.6. The highest BCUT2D eigenvalue weighted by Gasteiger charge is 2.21. The fraction of sp³-hybridized carbons (Fsp3) is 0.381. The van der Waals surface area contributed by atoms with Gasteiger partial charge in [-0.15, -0.1) is 0 Å². The Morgan fingerprint density at radius 2 is 1.92 bits per heavy atom. The standard InChI is InChI=1S/C21H25BrN2O2/c1-16-13-18(22)7-8-20(16)23-21(25)14-24-11-9-19(10-12-24)26-15-17-5-3-2-4-6-17/h2-8,13,19H,9-12,14-15H2,1H3,(H,23,25). The minimum Gasteiger partial charge on any atom is -0.373 e. The van der Waals surface area contributed by atoms with E-state index in [1.807, 2.05) is 43.3 Å². The third kappa shape index (κ3) is 5.66. The minimum atomic E-state index is 0.0408. The monoisotopic (exact) mass is 416 g/mol. The van der Waals surface area contributed by atoms with E-state index in [1.54, 1.807) is 0 Å². The van der Waals surface area contributed by atoms with Crippen LogP contribution in [-0.2, 0) is 16.1 Å². The van der Waals surface area contributed by atoms with E-state index in [9.17, 15) is 4.79 Å². The molecule has 1 N–H and O–H groups in total. The van der Waals surface area contributed by atoms with Crippen molar-refractivity contribution in [1.82, 2.24) is 4.90 Å². The van der Waals surface area contributed by atoms with Crippen LogP contribution in [0.2, 0.25) is 0 Å². The zero-order chi connectivity index (χ0) is 18.4. The highest BCUT2D eigenvalue weighted by Crippen LogP contribution is 2.20. The number of hydrogen-bond donors (Lipinski definition) is 1. The molecule has 2 aromatic rings. The van der Waals surface area contributed by atoms with Gasteiger partial charge in [-0.05, 0) is 49.1 Å². The van der Waals surface area contributed by atoms with E-state index in [-0.39, 0.29) is 12.0 Å². The van der Waals surface area contributed by atoms with Gasteiger partial charge in [-0.3, -0.25) is 9.69 Å². The molecule has 0 aliphatic carbocycles. The molecule has 0 saturated carbocycles. The highest BCUT2D eigenvalue weighted by molar-refractivity contribution is 9.10. The van der Waals surface area contributed by atoms with Crippen molar-refractivity contribution in [1.29, 1.82) is 0 Å². The number of amides is 1. The van der Waals surface area contributed by atoms with Crippen molar-refractivity contribution in [2.45, 2.75) is 32.5 Å². The molecule has 0 spiro atoms. The van der Waals surface area contributed by atoms with Crippen LogP contribution in [0.4, 0.5) is 5.69 Å². The molecule has 0 radical (unpaired) electrons. The Morgan fingerprint density at radius 1 is 1.19 bits per heavy atom. The molecular weight excluding hydrogens is 392 g/mol. The van der Waals surface area contributed by atoms with Gasteiger partial charge in [-0.1, -0.05) is 46.3 Å². The predicted molar refractivity (Wildman–Crippen MR) is 108 cm³/mol. The summed E-state index contributed by atoms with van der Waals surface area (Å²) in [7, 11) is 0. The SMILES string of the molecule is Cc1cc(Br)ccc1NC(=O)CN1CCC(OCc2ccccc2)CC1. The largest absolute Gasteiger partial charge is 0.373 e. The van der Waals surface area contributed by atoms with Gasteiger partial charge in [-0.25, -0.2) is 0 Å². The summed E-state index contributed by atoms with van der Waals surface area (Å²) in [4.78, 5) is 14.5. The summed E-state index contributed by atoms with van der Waals surface area (Å²) in [6.45, 7) is 4.88. The summed E-state index contributed by atoms with van der Waals surface area (Å²) in [5.41, 5.74) is 3.14. The molecule has 0 atom stereocenters. The van der Waals surface area contributed by atoms with Crippen LogP contribution < -0.4 is 5.32 Å². The van der Waals surface area contributed by atoms with E-state index in [0.29, 0.717) is 13.2 Å². The van der Waals surface area contributed by atoms with Gasteiger partial charge in [0.2, 0.25) is 5.91 Å². The van der Waals surface area contributed by atoms with Crippen LogP contribution in [0.25, 0.3) is 0 Å². The fourth-order valence-corrected chi connectivity index (χ4v) is 3.66. The molecule has 1 saturated heterocycles. The smallest absolute Gasteiger partial charge is 0.238 e. The Morgan fingerprint density at radius 3 is 2.62 bits per heavy atom. The van der Waals surface area contributed by atoms with Crippen LogP contribution in [0.3, 0.4) is 0 Å². The van der Waals surface area contributed by atoms with Crippen LogP contribution in [0.5, 0.6) is 0 Å². The lowest BCUT2D eigenvalue weighted by molar-refractivity contribution is -0.118. The van der Waals surface area contributed by atoms with Crippen molar-refractivity contribution >= 4 is 27.5 Å². The second-order valence-electron chi connectivity index (χ2n) is 6.78. The number of aryl methyl sites for hydroxylation is 1. The van der Waals surface area contributed by atoms with Crippen molar-refractivity contribution in [2.24, 2.45) is 0 Å². The maximum Gasteiger partial charge on any atom is 0.238 e. The number of carbonyl (C=O) groups is 1. The Hall–Kier alpha value is -1.69. The van der Waals surface area contributed by atoms with Gasteiger partial charge in [-0.2, -0.15) is 0 Å². The summed E-state index contributed by atoms with van der Waals surface area (Å²) < 4.78 is 7.03. The number of carbonyl (C=O) groups excluding carboxylic acids is 1. The van der Waals surface area contributed by atoms with Crippen molar-refractivity contribution in [3.8, 4) is 0 Å². The van der Waals surface area contributed by atoms with Gasteiger partial charge in [0.1, 0.15) is 0 Å². The number of halogens is 1. The van der Waals surface area contributed by atoms with Gasteiger partial charge in [0.25, 0.3) is 0 Å². The highest BCUT2D eigenvalue weighted by atomic mass is 79.9. The molecule has 0 aromatic heterocycles. The van der Waals surface area contributed by atoms with Crippen molar-refractivity contribution < 1.29 is 9.53 Å². The normalized spacial score (nSPS) is 15.8. The number of nitrogens with zero attached hydrogens (tertiary/aromatic N) is 1. The summed E-state index contributed by atoms with van der Waals surface area (Å²) in [5.74, 6) is 0.0408. The number of likely N-dealkylation sites (tertiary alicyclic amines) is 1. The lowest BCUT2D eigenvalue weighted by atomic mass is 10.1. The molecule has 26 heavy (non-hydrogen) atoms. The maximum atomic E-state index is 12.3. The fourth-order valence-electron chi connectivity index (χ4n) is 3.18. The molecule has 0 bridgehead atoms. The zero-order valence-electron chi connectivity index (χ0n) is 15.1. The molecule has 1 fully saturated rings. The number of anilines is 1. The van der Waals surface area contributed by atoms with Crippen LogP contribution >= 0.6 is 15.9 Å². The van der Waals surface area contributed by atoms with E-state index >= 15 is 0 Å². The van der Waals surface area contributed by atoms with Crippen molar-refractivity contribution in [3.05, 3.63) is 64.1 Å². The first-order valence-corrected chi connectivity index (χ1v) is 9.83. The average Bonchev–Trinajstić information content (AvgIpc) is 2.64. The van der Waals surface area contributed by atoms with Crippen LogP contribution in [-0.4, -0.2) is 36.5 Å². The van der Waals surface area contributed by atoms with E-state index in [1.165, 1.54) is 5.56 Å². The first kappa shape index (κ1) is 19.1. The third-order valence-corrected chi connectivity index (χ3v) is 5.19. The topological polar surface area (TPSA) is 41.6 Å². The Balaban J connectivity index is 1.40. The quantitative estimate of drug-likeness (QED) is 0.759. The molecule has 138 valence electrons. The molecule has 0 unspecified atom stereocenters. The summed E-state index contributed by atoms with van der Waals surface area (Å²) in [6, 6.07) is 16.1. The zero-order valence-corrected chi connectivity index (χ0v) is 16.7. The van der Waals surface area contributed by atoms with Crippen molar-refractivity contribution in [3.63, 3.8) is 0 Å². The molecule has 4 nitrogen and oxygen atoms in total. The van der Waals surface area contributed by atoms with E-state index < -0.39 is 0 Å². The number of nitrogens with one attached hydrogen (secondary N) is 1. The van der Waals surface area contributed by atoms with E-state index in [2.05, 4.69) is 38.3 Å². The Bertz CT molecular complexity index is 728. The number of rotatable bonds is 6. The summed E-state index contributed by atoms with van der Waals surface area (Å²) in [5, 5.41) is 3.01. The number of piperidine rings is 1. The first-order valence-electron chi connectivity index (χ1n) is 9.04. The van der Waals surface area contributed by atoms with E-state index in [4.69, 9.17) is 4.74 Å². The second kappa shape index (κ2) is 9.31. The molecule has 1 aliphatic rings. The van der Waals surface area contributed by atoms with Gasteiger partial charge in [0, 0.05) is 23.2 Å². The molecule has 5 heteroatoms. The summed E-state index contributed by atoms with van der Waals surface area (Å²) >= 11 is 3.44. The van der Waals surface area contributed by atoms with Gasteiger partial charge >= 0.3 is 0 Å². The van der Waals surface area contributed by atoms with E-state index in [0.717, 1.165) is 41.7 Å². The van der Waals surface area contributed by atoms with Crippen LogP contribution in [0.1, 0.15) is 24.0 Å². The van der Waals surface area contributed by atoms with Gasteiger partial charge < -0.3 is 10.1 Å². The molecule has 1 amide bonds. The minimum absolute atomic E-state index is 0.0408. The van der Waals surface area contributed by atoms with Gasteiger partial charge in [0.15, 0.2) is 0 Å². The number of hydrogen-bond acceptors (Lipinski definition) is 3. The molecule has 1 heterocycles. The van der Waals surface area contributed by atoms with Crippen molar-refractivity contribution in [2.75, 3.05) is 25.0 Å².